The summed E-state index contributed by atoms with van der Waals surface area (Å²) in [7, 11) is 0. The van der Waals surface area contributed by atoms with Gasteiger partial charge in [-0.15, -0.1) is 0 Å². The van der Waals surface area contributed by atoms with Crippen molar-refractivity contribution in [1.82, 2.24) is 0 Å². The van der Waals surface area contributed by atoms with Crippen molar-refractivity contribution in [2.24, 2.45) is 0 Å². The van der Waals surface area contributed by atoms with E-state index in [1.165, 1.54) is 10.9 Å². The van der Waals surface area contributed by atoms with Crippen LogP contribution < -0.4 is 0 Å². The Kier molecular flexibility index (Phi) is 5.97. The van der Waals surface area contributed by atoms with Crippen LogP contribution in [0.15, 0.2) is 0 Å². The number of hydrogen-bond donors (Lipinski definition) is 1. The normalized spacial score (nSPS) is 11.6. The molecule has 1 N–H and O–H groups in total. The van der Waals surface area contributed by atoms with Crippen molar-refractivity contribution < 1.29 is 9.90 Å². The molecular weight excluding hydrogens is 259 g/mol. The first kappa shape index (κ1) is 12.3. The fourth-order valence-electron chi connectivity index (χ4n) is 1.11. The third-order valence-corrected chi connectivity index (χ3v) is 7.11. The zero-order chi connectivity index (χ0) is 9.61. The van der Waals surface area contributed by atoms with E-state index in [1.54, 1.807) is 0 Å². The molecule has 0 spiro atoms. The van der Waals surface area contributed by atoms with Crippen molar-refractivity contribution >= 4 is 24.3 Å². The summed E-state index contributed by atoms with van der Waals surface area (Å²) in [4.78, 5) is 17.4. The van der Waals surface area contributed by atoms with Crippen LogP contribution in [-0.4, -0.2) is 29.5 Å². The van der Waals surface area contributed by atoms with Crippen molar-refractivity contribution in [1.29, 1.82) is 0 Å². The Labute approximate surface area is 79.2 Å². The maximum atomic E-state index is 10.2. The number of unbranched alkanes of at least 4 members (excludes halogenated alkanes) is 2. The SMILES string of the molecule is [CH3][Sn]([CH3])([CH3])[CH2]CCCCC(=O)O. The summed E-state index contributed by atoms with van der Waals surface area (Å²) >= 11 is -1.53. The van der Waals surface area contributed by atoms with Gasteiger partial charge in [0.2, 0.25) is 0 Å². The van der Waals surface area contributed by atoms with Crippen LogP contribution in [0.3, 0.4) is 0 Å². The van der Waals surface area contributed by atoms with Crippen LogP contribution in [0.1, 0.15) is 25.7 Å². The predicted octanol–water partition coefficient (Wildman–Crippen LogP) is 2.97. The van der Waals surface area contributed by atoms with Gasteiger partial charge in [-0.2, -0.15) is 0 Å². The van der Waals surface area contributed by atoms with Gasteiger partial charge in [0.25, 0.3) is 0 Å². The average molecular weight is 279 g/mol. The minimum absolute atomic E-state index is 0.347. The molecule has 3 heteroatoms. The first-order chi connectivity index (χ1) is 5.42. The van der Waals surface area contributed by atoms with E-state index in [0.717, 1.165) is 12.8 Å². The van der Waals surface area contributed by atoms with E-state index in [0.29, 0.717) is 6.42 Å². The van der Waals surface area contributed by atoms with E-state index >= 15 is 0 Å². The molecule has 0 aromatic heterocycles. The second kappa shape index (κ2) is 5.84. The second-order valence-electron chi connectivity index (χ2n) is 4.52. The Morgan fingerprint density at radius 1 is 1.17 bits per heavy atom. The Balaban J connectivity index is 3.17. The first-order valence-corrected chi connectivity index (χ1v) is 15.2. The quantitative estimate of drug-likeness (QED) is 0.599. The molecule has 0 unspecified atom stereocenters. The van der Waals surface area contributed by atoms with Crippen LogP contribution >= 0.6 is 0 Å². The summed E-state index contributed by atoms with van der Waals surface area (Å²) in [5, 5.41) is 8.39. The third kappa shape index (κ3) is 10.3. The van der Waals surface area contributed by atoms with Crippen molar-refractivity contribution in [3.05, 3.63) is 0 Å². The fraction of sp³-hybridized carbons (Fsp3) is 0.889. The number of carboxylic acid groups (broad SMARTS) is 1. The molecule has 0 heterocycles. The minimum atomic E-state index is -1.53. The third-order valence-electron chi connectivity index (χ3n) is 1.82. The summed E-state index contributed by atoms with van der Waals surface area (Å²) in [6.07, 6.45) is 3.55. The topological polar surface area (TPSA) is 37.3 Å². The molecule has 0 rings (SSSR count). The van der Waals surface area contributed by atoms with Gasteiger partial charge in [-0.25, -0.2) is 0 Å². The van der Waals surface area contributed by atoms with Crippen LogP contribution in [0.25, 0.3) is 0 Å². The molecule has 0 atom stereocenters. The Morgan fingerprint density at radius 2 is 1.75 bits per heavy atom. The van der Waals surface area contributed by atoms with Crippen LogP contribution in [-0.2, 0) is 4.79 Å². The maximum absolute atomic E-state index is 10.2. The van der Waals surface area contributed by atoms with Gasteiger partial charge < -0.3 is 0 Å². The summed E-state index contributed by atoms with van der Waals surface area (Å²) in [6, 6.07) is 0. The van der Waals surface area contributed by atoms with E-state index in [2.05, 4.69) is 14.8 Å². The summed E-state index contributed by atoms with van der Waals surface area (Å²) in [5.74, 6) is -0.658. The molecule has 0 saturated carbocycles. The number of hydrogen-bond acceptors (Lipinski definition) is 1. The molecule has 0 aromatic rings. The van der Waals surface area contributed by atoms with Gasteiger partial charge in [-0.1, -0.05) is 0 Å². The van der Waals surface area contributed by atoms with Crippen LogP contribution in [0.4, 0.5) is 0 Å². The summed E-state index contributed by atoms with van der Waals surface area (Å²) in [5.41, 5.74) is 0. The summed E-state index contributed by atoms with van der Waals surface area (Å²) in [6.45, 7) is 0. The molecule has 0 aliphatic carbocycles. The molecule has 0 aromatic carbocycles. The molecule has 0 radical (unpaired) electrons. The fourth-order valence-corrected chi connectivity index (χ4v) is 4.85. The van der Waals surface area contributed by atoms with Gasteiger partial charge >= 0.3 is 79.2 Å². The van der Waals surface area contributed by atoms with Crippen LogP contribution in [0.2, 0.25) is 19.3 Å². The molecule has 72 valence electrons. The van der Waals surface area contributed by atoms with Crippen molar-refractivity contribution in [3.63, 3.8) is 0 Å². The molecule has 0 amide bonds. The Bertz CT molecular complexity index is 138. The predicted molar refractivity (Wildman–Crippen MR) is 54.3 cm³/mol. The Morgan fingerprint density at radius 3 is 2.17 bits per heavy atom. The number of carboxylic acids is 1. The van der Waals surface area contributed by atoms with Gasteiger partial charge in [0.15, 0.2) is 0 Å². The number of carbonyl (C=O) groups is 1. The van der Waals surface area contributed by atoms with E-state index in [-0.39, 0.29) is 0 Å². The van der Waals surface area contributed by atoms with E-state index in [1.807, 2.05) is 0 Å². The molecule has 0 aliphatic heterocycles. The molecule has 0 aliphatic rings. The molecule has 0 saturated heterocycles. The molecular formula is C9H20O2Sn. The van der Waals surface area contributed by atoms with Gasteiger partial charge in [0, 0.05) is 0 Å². The zero-order valence-corrected chi connectivity index (χ0v) is 11.2. The molecule has 12 heavy (non-hydrogen) atoms. The van der Waals surface area contributed by atoms with E-state index < -0.39 is 24.3 Å². The summed E-state index contributed by atoms with van der Waals surface area (Å²) < 4.78 is 1.40. The molecule has 0 bridgehead atoms. The van der Waals surface area contributed by atoms with Crippen molar-refractivity contribution in [2.75, 3.05) is 0 Å². The molecule has 0 fully saturated rings. The van der Waals surface area contributed by atoms with E-state index in [9.17, 15) is 4.79 Å². The van der Waals surface area contributed by atoms with Crippen molar-refractivity contribution in [3.8, 4) is 0 Å². The van der Waals surface area contributed by atoms with E-state index in [4.69, 9.17) is 5.11 Å². The van der Waals surface area contributed by atoms with Gasteiger partial charge in [0.1, 0.15) is 0 Å². The first-order valence-electron chi connectivity index (χ1n) is 4.63. The van der Waals surface area contributed by atoms with Crippen LogP contribution in [0, 0.1) is 0 Å². The van der Waals surface area contributed by atoms with Crippen LogP contribution in [0.5, 0.6) is 0 Å². The van der Waals surface area contributed by atoms with Gasteiger partial charge in [0.05, 0.1) is 0 Å². The van der Waals surface area contributed by atoms with Gasteiger partial charge in [-0.05, 0) is 0 Å². The van der Waals surface area contributed by atoms with Crippen molar-refractivity contribution in [2.45, 2.75) is 44.9 Å². The number of rotatable bonds is 6. The monoisotopic (exact) mass is 280 g/mol. The standard InChI is InChI=1S/C6H11O2.3CH3.Sn/c1-2-3-4-5-6(7)8;;;;/h1-5H2,(H,7,8);3*1H3;. The molecule has 2 nitrogen and oxygen atoms in total. The second-order valence-corrected chi connectivity index (χ2v) is 20.6. The Hall–Kier alpha value is 0.269. The van der Waals surface area contributed by atoms with Gasteiger partial charge in [-0.3, -0.25) is 0 Å². The number of aliphatic carboxylic acids is 1. The average Bonchev–Trinajstić information content (AvgIpc) is 1.83. The zero-order valence-electron chi connectivity index (χ0n) is 8.39.